The molecular weight excluding hydrogens is 226 g/mol. The molecule has 98 valence electrons. The third-order valence-corrected chi connectivity index (χ3v) is 3.07. The molecule has 1 saturated carbocycles. The summed E-state index contributed by atoms with van der Waals surface area (Å²) in [7, 11) is 1.96. The van der Waals surface area contributed by atoms with Crippen molar-refractivity contribution >= 4 is 5.91 Å². The molecule has 0 unspecified atom stereocenters. The summed E-state index contributed by atoms with van der Waals surface area (Å²) in [4.78, 5) is 13.6. The van der Waals surface area contributed by atoms with Crippen LogP contribution in [0.1, 0.15) is 24.0 Å². The highest BCUT2D eigenvalue weighted by Crippen LogP contribution is 2.18. The molecule has 1 aromatic rings. The Morgan fingerprint density at radius 3 is 2.50 bits per heavy atom. The topological polar surface area (TPSA) is 58.4 Å². The summed E-state index contributed by atoms with van der Waals surface area (Å²) in [5.74, 6) is 0.124. The number of hydrogen-bond donors (Lipinski definition) is 2. The highest BCUT2D eigenvalue weighted by molar-refractivity contribution is 5.78. The van der Waals surface area contributed by atoms with Crippen molar-refractivity contribution in [1.29, 1.82) is 0 Å². The van der Waals surface area contributed by atoms with E-state index in [1.165, 1.54) is 5.56 Å². The first kappa shape index (κ1) is 13.1. The van der Waals surface area contributed by atoms with E-state index in [4.69, 9.17) is 5.73 Å². The maximum absolute atomic E-state index is 11.6. The first-order chi connectivity index (χ1) is 8.67. The molecule has 1 aliphatic carbocycles. The van der Waals surface area contributed by atoms with Gasteiger partial charge in [0.25, 0.3) is 0 Å². The lowest BCUT2D eigenvalue weighted by Gasteiger charge is -2.16. The summed E-state index contributed by atoms with van der Waals surface area (Å²) in [6, 6.07) is 8.64. The first-order valence-corrected chi connectivity index (χ1v) is 6.43. The van der Waals surface area contributed by atoms with E-state index < -0.39 is 0 Å². The highest BCUT2D eigenvalue weighted by atomic mass is 16.2. The largest absolute Gasteiger partial charge is 0.352 e. The van der Waals surface area contributed by atoms with E-state index in [9.17, 15) is 4.79 Å². The zero-order chi connectivity index (χ0) is 13.0. The Balaban J connectivity index is 1.77. The Kier molecular flexibility index (Phi) is 4.33. The van der Waals surface area contributed by atoms with Gasteiger partial charge < -0.3 is 11.1 Å². The lowest BCUT2D eigenvalue weighted by molar-refractivity contribution is -0.122. The molecule has 1 aliphatic rings. The van der Waals surface area contributed by atoms with Crippen LogP contribution >= 0.6 is 0 Å². The minimum Gasteiger partial charge on any atom is -0.352 e. The maximum atomic E-state index is 11.6. The van der Waals surface area contributed by atoms with E-state index in [2.05, 4.69) is 17.4 Å². The number of hydrogen-bond acceptors (Lipinski definition) is 3. The van der Waals surface area contributed by atoms with Crippen molar-refractivity contribution in [2.45, 2.75) is 32.0 Å². The van der Waals surface area contributed by atoms with Gasteiger partial charge >= 0.3 is 0 Å². The van der Waals surface area contributed by atoms with Crippen molar-refractivity contribution in [1.82, 2.24) is 10.2 Å². The Hall–Kier alpha value is -1.39. The average molecular weight is 247 g/mol. The molecule has 1 amide bonds. The molecular formula is C14H21N3O. The molecule has 0 bridgehead atoms. The summed E-state index contributed by atoms with van der Waals surface area (Å²) in [5, 5.41) is 2.99. The molecule has 0 aromatic heterocycles. The summed E-state index contributed by atoms with van der Waals surface area (Å²) in [6.07, 6.45) is 2.27. The van der Waals surface area contributed by atoms with Gasteiger partial charge in [0.1, 0.15) is 0 Å². The molecule has 0 atom stereocenters. The zero-order valence-corrected chi connectivity index (χ0v) is 10.9. The van der Waals surface area contributed by atoms with Crippen molar-refractivity contribution in [3.8, 4) is 0 Å². The molecule has 4 heteroatoms. The second kappa shape index (κ2) is 5.98. The van der Waals surface area contributed by atoms with Gasteiger partial charge in [-0.05, 0) is 31.0 Å². The predicted molar refractivity (Wildman–Crippen MR) is 71.8 cm³/mol. The maximum Gasteiger partial charge on any atom is 0.234 e. The molecule has 0 heterocycles. The summed E-state index contributed by atoms with van der Waals surface area (Å²) < 4.78 is 0. The van der Waals surface area contributed by atoms with E-state index in [0.29, 0.717) is 19.1 Å². The number of nitrogens with zero attached hydrogens (tertiary/aromatic N) is 1. The molecule has 0 saturated heterocycles. The van der Waals surface area contributed by atoms with Crippen LogP contribution in [0, 0.1) is 0 Å². The lowest BCUT2D eigenvalue weighted by Crippen LogP contribution is -2.35. The van der Waals surface area contributed by atoms with Crippen LogP contribution in [0.3, 0.4) is 0 Å². The zero-order valence-electron chi connectivity index (χ0n) is 10.9. The second-order valence-corrected chi connectivity index (χ2v) is 5.03. The van der Waals surface area contributed by atoms with Gasteiger partial charge in [-0.2, -0.15) is 0 Å². The number of amides is 1. The molecule has 0 radical (unpaired) electrons. The van der Waals surface area contributed by atoms with Gasteiger partial charge in [0.15, 0.2) is 0 Å². The Bertz CT molecular complexity index is 398. The van der Waals surface area contributed by atoms with Gasteiger partial charge in [0, 0.05) is 19.1 Å². The van der Waals surface area contributed by atoms with Crippen molar-refractivity contribution < 1.29 is 4.79 Å². The van der Waals surface area contributed by atoms with Crippen LogP contribution in [0.15, 0.2) is 24.3 Å². The summed E-state index contributed by atoms with van der Waals surface area (Å²) in [6.45, 7) is 1.80. The van der Waals surface area contributed by atoms with Crippen molar-refractivity contribution in [3.05, 3.63) is 35.4 Å². The van der Waals surface area contributed by atoms with E-state index in [-0.39, 0.29) is 5.91 Å². The number of rotatable bonds is 6. The van der Waals surface area contributed by atoms with Crippen LogP contribution in [-0.2, 0) is 17.9 Å². The van der Waals surface area contributed by atoms with Gasteiger partial charge in [-0.25, -0.2) is 0 Å². The Morgan fingerprint density at radius 2 is 1.94 bits per heavy atom. The van der Waals surface area contributed by atoms with E-state index in [1.807, 2.05) is 24.1 Å². The number of carbonyl (C=O) groups is 1. The smallest absolute Gasteiger partial charge is 0.234 e. The van der Waals surface area contributed by atoms with Gasteiger partial charge in [0.05, 0.1) is 6.54 Å². The van der Waals surface area contributed by atoms with Gasteiger partial charge in [-0.15, -0.1) is 0 Å². The van der Waals surface area contributed by atoms with E-state index in [1.54, 1.807) is 0 Å². The van der Waals surface area contributed by atoms with Crippen molar-refractivity contribution in [2.75, 3.05) is 13.6 Å². The fraction of sp³-hybridized carbons (Fsp3) is 0.500. The number of nitrogens with one attached hydrogen (secondary N) is 1. The van der Waals surface area contributed by atoms with Crippen LogP contribution in [0.25, 0.3) is 0 Å². The number of carbonyl (C=O) groups excluding carboxylic acids is 1. The minimum absolute atomic E-state index is 0.124. The predicted octanol–water partition coefficient (Wildman–Crippen LogP) is 0.856. The molecule has 1 fully saturated rings. The quantitative estimate of drug-likeness (QED) is 0.783. The molecule has 3 N–H and O–H groups in total. The molecule has 1 aromatic carbocycles. The van der Waals surface area contributed by atoms with Crippen LogP contribution < -0.4 is 11.1 Å². The molecule has 2 rings (SSSR count). The molecule has 18 heavy (non-hydrogen) atoms. The van der Waals surface area contributed by atoms with Crippen LogP contribution in [0.4, 0.5) is 0 Å². The van der Waals surface area contributed by atoms with Crippen molar-refractivity contribution in [3.63, 3.8) is 0 Å². The van der Waals surface area contributed by atoms with Gasteiger partial charge in [-0.1, -0.05) is 24.3 Å². The van der Waals surface area contributed by atoms with Gasteiger partial charge in [0.2, 0.25) is 5.91 Å². The normalized spacial score (nSPS) is 14.8. The number of benzene rings is 1. The third-order valence-electron chi connectivity index (χ3n) is 3.07. The average Bonchev–Trinajstić information content (AvgIpc) is 3.13. The second-order valence-electron chi connectivity index (χ2n) is 5.03. The SMILES string of the molecule is CN(CC(=O)NC1CC1)Cc1ccc(CN)cc1. The molecule has 4 nitrogen and oxygen atoms in total. The highest BCUT2D eigenvalue weighted by Gasteiger charge is 2.23. The summed E-state index contributed by atoms with van der Waals surface area (Å²) >= 11 is 0. The van der Waals surface area contributed by atoms with Gasteiger partial charge in [-0.3, -0.25) is 9.69 Å². The fourth-order valence-corrected chi connectivity index (χ4v) is 1.89. The van der Waals surface area contributed by atoms with Crippen molar-refractivity contribution in [2.24, 2.45) is 5.73 Å². The monoisotopic (exact) mass is 247 g/mol. The van der Waals surface area contributed by atoms with Crippen LogP contribution in [0.5, 0.6) is 0 Å². The van der Waals surface area contributed by atoms with Crippen LogP contribution in [-0.4, -0.2) is 30.4 Å². The Morgan fingerprint density at radius 1 is 1.33 bits per heavy atom. The Labute approximate surface area is 108 Å². The molecule has 0 aliphatic heterocycles. The third kappa shape index (κ3) is 4.13. The fourth-order valence-electron chi connectivity index (χ4n) is 1.89. The minimum atomic E-state index is 0.124. The van der Waals surface area contributed by atoms with Crippen LogP contribution in [0.2, 0.25) is 0 Å². The number of likely N-dealkylation sites (N-methyl/N-ethyl adjacent to an activating group) is 1. The standard InChI is InChI=1S/C14H21N3O/c1-17(10-14(18)16-13-6-7-13)9-12-4-2-11(8-15)3-5-12/h2-5,13H,6-10,15H2,1H3,(H,16,18). The lowest BCUT2D eigenvalue weighted by atomic mass is 10.1. The van der Waals surface area contributed by atoms with E-state index in [0.717, 1.165) is 24.9 Å². The number of nitrogens with two attached hydrogens (primary N) is 1. The first-order valence-electron chi connectivity index (χ1n) is 6.43. The summed E-state index contributed by atoms with van der Waals surface area (Å²) in [5.41, 5.74) is 7.89. The molecule has 0 spiro atoms. The van der Waals surface area contributed by atoms with E-state index >= 15 is 0 Å².